The number of aromatic nitrogens is 3. The van der Waals surface area contributed by atoms with Crippen LogP contribution in [0.2, 0.25) is 0 Å². The van der Waals surface area contributed by atoms with E-state index in [2.05, 4.69) is 20.1 Å². The number of hydrogen-bond acceptors (Lipinski definition) is 6. The van der Waals surface area contributed by atoms with E-state index < -0.39 is 10.0 Å². The molecule has 0 spiro atoms. The SMILES string of the molecule is O=C(Nc1ccn(Cc2ccncc2)n1)c1ccc(S(=O)(=O)NCc2ccco2)cc1. The molecule has 0 aliphatic heterocycles. The van der Waals surface area contributed by atoms with Crippen LogP contribution in [-0.2, 0) is 23.1 Å². The van der Waals surface area contributed by atoms with E-state index >= 15 is 0 Å². The lowest BCUT2D eigenvalue weighted by molar-refractivity contribution is 0.102. The Kier molecular flexibility index (Phi) is 5.92. The van der Waals surface area contributed by atoms with Crippen LogP contribution in [0.5, 0.6) is 0 Å². The zero-order valence-corrected chi connectivity index (χ0v) is 17.1. The molecule has 1 amide bonds. The molecule has 0 radical (unpaired) electrons. The van der Waals surface area contributed by atoms with Gasteiger partial charge in [-0.05, 0) is 54.1 Å². The Bertz CT molecular complexity index is 1250. The van der Waals surface area contributed by atoms with E-state index in [0.717, 1.165) is 5.56 Å². The van der Waals surface area contributed by atoms with Crippen molar-refractivity contribution >= 4 is 21.7 Å². The molecular weight excluding hydrogens is 418 g/mol. The summed E-state index contributed by atoms with van der Waals surface area (Å²) in [5, 5.41) is 7.03. The van der Waals surface area contributed by atoms with Gasteiger partial charge in [0.2, 0.25) is 10.0 Å². The van der Waals surface area contributed by atoms with Crippen LogP contribution in [0.3, 0.4) is 0 Å². The Morgan fingerprint density at radius 3 is 2.52 bits per heavy atom. The van der Waals surface area contributed by atoms with E-state index in [0.29, 0.717) is 23.7 Å². The maximum Gasteiger partial charge on any atom is 0.256 e. The molecule has 3 aromatic heterocycles. The van der Waals surface area contributed by atoms with Gasteiger partial charge in [-0.1, -0.05) is 0 Å². The third-order valence-electron chi connectivity index (χ3n) is 4.42. The summed E-state index contributed by atoms with van der Waals surface area (Å²) in [6.07, 6.45) is 6.64. The van der Waals surface area contributed by atoms with Gasteiger partial charge in [0.1, 0.15) is 5.76 Å². The van der Waals surface area contributed by atoms with Crippen molar-refractivity contribution in [2.45, 2.75) is 18.0 Å². The number of pyridine rings is 1. The number of hydrogen-bond donors (Lipinski definition) is 2. The van der Waals surface area contributed by atoms with Crippen molar-refractivity contribution < 1.29 is 17.6 Å². The number of anilines is 1. The summed E-state index contributed by atoms with van der Waals surface area (Å²) in [6.45, 7) is 0.593. The summed E-state index contributed by atoms with van der Waals surface area (Å²) in [7, 11) is -3.73. The summed E-state index contributed by atoms with van der Waals surface area (Å²) < 4.78 is 34.0. The van der Waals surface area contributed by atoms with E-state index in [-0.39, 0.29) is 17.3 Å². The van der Waals surface area contributed by atoms with E-state index in [1.807, 2.05) is 12.1 Å². The molecule has 158 valence electrons. The minimum atomic E-state index is -3.73. The van der Waals surface area contributed by atoms with Gasteiger partial charge in [0, 0.05) is 30.2 Å². The Hall–Kier alpha value is -3.76. The van der Waals surface area contributed by atoms with E-state index in [1.54, 1.807) is 41.5 Å². The Morgan fingerprint density at radius 1 is 1.03 bits per heavy atom. The van der Waals surface area contributed by atoms with Crippen molar-refractivity contribution in [3.63, 3.8) is 0 Å². The quantitative estimate of drug-likeness (QED) is 0.437. The van der Waals surface area contributed by atoms with Gasteiger partial charge in [-0.3, -0.25) is 14.5 Å². The molecule has 0 saturated carbocycles. The lowest BCUT2D eigenvalue weighted by atomic mass is 10.2. The van der Waals surface area contributed by atoms with Crippen molar-refractivity contribution in [1.29, 1.82) is 0 Å². The van der Waals surface area contributed by atoms with Crippen LogP contribution in [0.4, 0.5) is 5.82 Å². The number of sulfonamides is 1. The standard InChI is InChI=1S/C21H19N5O4S/c27-21(24-20-9-12-26(25-20)15-16-7-10-22-11-8-16)17-3-5-19(6-4-17)31(28,29)23-14-18-2-1-13-30-18/h1-13,23H,14-15H2,(H,24,25,27). The van der Waals surface area contributed by atoms with Gasteiger partial charge in [0.15, 0.2) is 5.82 Å². The first kappa shape index (κ1) is 20.5. The topological polar surface area (TPSA) is 119 Å². The number of benzene rings is 1. The maximum absolute atomic E-state index is 12.5. The molecule has 0 aliphatic rings. The predicted octanol–water partition coefficient (Wildman–Crippen LogP) is 2.65. The highest BCUT2D eigenvalue weighted by atomic mass is 32.2. The lowest BCUT2D eigenvalue weighted by Gasteiger charge is -2.07. The highest BCUT2D eigenvalue weighted by Gasteiger charge is 2.16. The molecule has 0 saturated heterocycles. The Morgan fingerprint density at radius 2 is 1.81 bits per heavy atom. The molecule has 2 N–H and O–H groups in total. The van der Waals surface area contributed by atoms with E-state index in [4.69, 9.17) is 4.42 Å². The number of nitrogens with zero attached hydrogens (tertiary/aromatic N) is 3. The summed E-state index contributed by atoms with van der Waals surface area (Å²) >= 11 is 0. The molecule has 4 aromatic rings. The second-order valence-corrected chi connectivity index (χ2v) is 8.40. The van der Waals surface area contributed by atoms with Gasteiger partial charge in [0.25, 0.3) is 5.91 Å². The zero-order valence-electron chi connectivity index (χ0n) is 16.3. The first-order valence-electron chi connectivity index (χ1n) is 9.35. The maximum atomic E-state index is 12.5. The van der Waals surface area contributed by atoms with Crippen molar-refractivity contribution in [1.82, 2.24) is 19.5 Å². The minimum Gasteiger partial charge on any atom is -0.468 e. The summed E-state index contributed by atoms with van der Waals surface area (Å²) in [5.41, 5.74) is 1.35. The third-order valence-corrected chi connectivity index (χ3v) is 5.84. The fourth-order valence-electron chi connectivity index (χ4n) is 2.83. The zero-order chi connectivity index (χ0) is 21.7. The number of nitrogens with one attached hydrogen (secondary N) is 2. The fraction of sp³-hybridized carbons (Fsp3) is 0.0952. The summed E-state index contributed by atoms with van der Waals surface area (Å²) in [5.74, 6) is 0.514. The van der Waals surface area contributed by atoms with Crippen molar-refractivity contribution in [2.24, 2.45) is 0 Å². The summed E-state index contributed by atoms with van der Waals surface area (Å²) in [6, 6.07) is 14.5. The van der Waals surface area contributed by atoms with Crippen LogP contribution in [0.1, 0.15) is 21.7 Å². The third kappa shape index (κ3) is 5.24. The van der Waals surface area contributed by atoms with Crippen LogP contribution in [0.25, 0.3) is 0 Å². The Labute approximate surface area is 178 Å². The normalized spacial score (nSPS) is 11.4. The number of rotatable bonds is 8. The second kappa shape index (κ2) is 8.94. The van der Waals surface area contributed by atoms with Gasteiger partial charge in [0.05, 0.1) is 24.2 Å². The average Bonchev–Trinajstić information content (AvgIpc) is 3.45. The molecule has 0 atom stereocenters. The molecule has 4 rings (SSSR count). The first-order valence-corrected chi connectivity index (χ1v) is 10.8. The second-order valence-electron chi connectivity index (χ2n) is 6.64. The predicted molar refractivity (Wildman–Crippen MR) is 113 cm³/mol. The van der Waals surface area contributed by atoms with Crippen LogP contribution >= 0.6 is 0 Å². The van der Waals surface area contributed by atoms with Crippen LogP contribution < -0.4 is 10.0 Å². The largest absolute Gasteiger partial charge is 0.468 e. The smallest absolute Gasteiger partial charge is 0.256 e. The number of amides is 1. The molecule has 0 fully saturated rings. The molecule has 31 heavy (non-hydrogen) atoms. The molecule has 1 aromatic carbocycles. The minimum absolute atomic E-state index is 0.0414. The highest BCUT2D eigenvalue weighted by molar-refractivity contribution is 7.89. The monoisotopic (exact) mass is 437 g/mol. The van der Waals surface area contributed by atoms with Crippen molar-refractivity contribution in [2.75, 3.05) is 5.32 Å². The van der Waals surface area contributed by atoms with Gasteiger partial charge >= 0.3 is 0 Å². The van der Waals surface area contributed by atoms with Crippen molar-refractivity contribution in [3.8, 4) is 0 Å². The van der Waals surface area contributed by atoms with Gasteiger partial charge < -0.3 is 9.73 Å². The molecule has 0 bridgehead atoms. The van der Waals surface area contributed by atoms with Gasteiger partial charge in [-0.2, -0.15) is 5.10 Å². The van der Waals surface area contributed by atoms with E-state index in [9.17, 15) is 13.2 Å². The lowest BCUT2D eigenvalue weighted by Crippen LogP contribution is -2.23. The van der Waals surface area contributed by atoms with Gasteiger partial charge in [-0.25, -0.2) is 13.1 Å². The first-order chi connectivity index (χ1) is 15.0. The van der Waals surface area contributed by atoms with Crippen molar-refractivity contribution in [3.05, 3.63) is 96.3 Å². The molecule has 10 heteroatoms. The fourth-order valence-corrected chi connectivity index (χ4v) is 3.82. The molecular formula is C21H19N5O4S. The molecule has 0 unspecified atom stereocenters. The molecule has 3 heterocycles. The number of furan rings is 1. The summed E-state index contributed by atoms with van der Waals surface area (Å²) in [4.78, 5) is 16.5. The van der Waals surface area contributed by atoms with Crippen LogP contribution in [0, 0.1) is 0 Å². The Balaban J connectivity index is 1.37. The van der Waals surface area contributed by atoms with E-state index in [1.165, 1.54) is 30.5 Å². The molecule has 9 nitrogen and oxygen atoms in total. The molecule has 0 aliphatic carbocycles. The average molecular weight is 437 g/mol. The van der Waals surface area contributed by atoms with Crippen LogP contribution in [-0.4, -0.2) is 29.1 Å². The van der Waals surface area contributed by atoms with Gasteiger partial charge in [-0.15, -0.1) is 0 Å². The highest BCUT2D eigenvalue weighted by Crippen LogP contribution is 2.13. The number of carbonyl (C=O) groups excluding carboxylic acids is 1. The van der Waals surface area contributed by atoms with Crippen LogP contribution in [0.15, 0.2) is 88.8 Å². The number of carbonyl (C=O) groups is 1.